The van der Waals surface area contributed by atoms with Gasteiger partial charge in [0.25, 0.3) is 5.91 Å². The average Bonchev–Trinajstić information content (AvgIpc) is 3.16. The lowest BCUT2D eigenvalue weighted by atomic mass is 10.0. The number of amides is 1. The van der Waals surface area contributed by atoms with Crippen molar-refractivity contribution in [3.8, 4) is 10.6 Å². The molecule has 4 rings (SSSR count). The Morgan fingerprint density at radius 1 is 0.970 bits per heavy atom. The van der Waals surface area contributed by atoms with Crippen LogP contribution in [-0.2, 0) is 12.4 Å². The number of anilines is 1. The van der Waals surface area contributed by atoms with E-state index in [9.17, 15) is 31.1 Å². The molecule has 0 saturated heterocycles. The molecule has 11 heteroatoms. The van der Waals surface area contributed by atoms with E-state index >= 15 is 0 Å². The summed E-state index contributed by atoms with van der Waals surface area (Å²) < 4.78 is 80.0. The second-order valence-electron chi connectivity index (χ2n) is 7.16. The minimum absolute atomic E-state index is 0.123. The van der Waals surface area contributed by atoms with Crippen molar-refractivity contribution in [2.24, 2.45) is 0 Å². The average molecular weight is 481 g/mol. The number of nitrogens with zero attached hydrogens (tertiary/aromatic N) is 2. The number of thiazole rings is 1. The first kappa shape index (κ1) is 22.7. The first-order valence-electron chi connectivity index (χ1n) is 9.34. The summed E-state index contributed by atoms with van der Waals surface area (Å²) in [5.41, 5.74) is -1.85. The lowest BCUT2D eigenvalue weighted by Crippen LogP contribution is -2.20. The predicted octanol–water partition coefficient (Wildman–Crippen LogP) is 6.96. The number of fused-ring (bicyclic) bond motifs is 1. The highest BCUT2D eigenvalue weighted by Gasteiger charge is 2.38. The molecule has 170 valence electrons. The Kier molecular flexibility index (Phi) is 5.61. The maximum Gasteiger partial charge on any atom is 0.417 e. The van der Waals surface area contributed by atoms with Crippen molar-refractivity contribution in [2.45, 2.75) is 19.3 Å². The van der Waals surface area contributed by atoms with E-state index in [4.69, 9.17) is 0 Å². The van der Waals surface area contributed by atoms with Crippen LogP contribution >= 0.6 is 11.3 Å². The highest BCUT2D eigenvalue weighted by atomic mass is 32.1. The van der Waals surface area contributed by atoms with E-state index in [0.29, 0.717) is 27.7 Å². The molecular formula is C22H13F6N3OS. The summed E-state index contributed by atoms with van der Waals surface area (Å²) in [5, 5.41) is 2.88. The Bertz CT molecular complexity index is 1330. The molecule has 2 aromatic heterocycles. The first-order chi connectivity index (χ1) is 15.4. The molecule has 1 amide bonds. The zero-order valence-corrected chi connectivity index (χ0v) is 17.5. The molecule has 0 saturated carbocycles. The highest BCUT2D eigenvalue weighted by molar-refractivity contribution is 7.21. The van der Waals surface area contributed by atoms with Crippen molar-refractivity contribution in [1.82, 2.24) is 9.97 Å². The van der Waals surface area contributed by atoms with Gasteiger partial charge in [0.1, 0.15) is 5.01 Å². The molecular weight excluding hydrogens is 468 g/mol. The summed E-state index contributed by atoms with van der Waals surface area (Å²) in [4.78, 5) is 21.2. The lowest BCUT2D eigenvalue weighted by molar-refractivity contribution is -0.141. The summed E-state index contributed by atoms with van der Waals surface area (Å²) in [6.07, 6.45) is -6.69. The van der Waals surface area contributed by atoms with Gasteiger partial charge in [-0.3, -0.25) is 9.78 Å². The van der Waals surface area contributed by atoms with Crippen LogP contribution < -0.4 is 5.32 Å². The number of pyridine rings is 1. The van der Waals surface area contributed by atoms with Crippen molar-refractivity contribution in [2.75, 3.05) is 5.32 Å². The highest BCUT2D eigenvalue weighted by Crippen LogP contribution is 2.37. The molecule has 0 radical (unpaired) electrons. The molecule has 0 fully saturated rings. The fourth-order valence-corrected chi connectivity index (χ4v) is 4.16. The third-order valence-corrected chi connectivity index (χ3v) is 5.73. The van der Waals surface area contributed by atoms with E-state index in [1.54, 1.807) is 31.5 Å². The number of alkyl halides is 6. The van der Waals surface area contributed by atoms with Crippen LogP contribution in [0.25, 0.3) is 20.8 Å². The molecule has 0 spiro atoms. The molecule has 0 unspecified atom stereocenters. The number of hydrogen-bond donors (Lipinski definition) is 1. The summed E-state index contributed by atoms with van der Waals surface area (Å²) in [6, 6.07) is 7.25. The Balaban J connectivity index is 1.72. The third kappa shape index (κ3) is 4.82. The van der Waals surface area contributed by atoms with E-state index in [0.717, 1.165) is 4.70 Å². The smallest absolute Gasteiger partial charge is 0.322 e. The van der Waals surface area contributed by atoms with Crippen LogP contribution in [0.3, 0.4) is 0 Å². The van der Waals surface area contributed by atoms with Crippen molar-refractivity contribution in [3.63, 3.8) is 0 Å². The first-order valence-corrected chi connectivity index (χ1v) is 10.2. The fourth-order valence-electron chi connectivity index (χ4n) is 3.24. The Labute approximate surface area is 186 Å². The quantitative estimate of drug-likeness (QED) is 0.322. The largest absolute Gasteiger partial charge is 0.417 e. The number of carbonyl (C=O) groups is 1. The van der Waals surface area contributed by atoms with Crippen LogP contribution in [0.4, 0.5) is 32.0 Å². The van der Waals surface area contributed by atoms with Crippen molar-refractivity contribution >= 4 is 33.1 Å². The fraction of sp³-hybridized carbons (Fsp3) is 0.136. The van der Waals surface area contributed by atoms with E-state index in [-0.39, 0.29) is 17.8 Å². The van der Waals surface area contributed by atoms with Crippen LogP contribution in [-0.4, -0.2) is 15.9 Å². The standard InChI is InChI=1S/C22H13F6N3OS/c1-11-6-12(20-31-17-4-5-29-10-18(17)33-20)8-14(7-11)30-19(32)15-9-13(21(23,24)25)2-3-16(15)22(26,27)28/h2-10H,1H3,(H,30,32). The molecule has 0 atom stereocenters. The van der Waals surface area contributed by atoms with Gasteiger partial charge in [-0.25, -0.2) is 4.98 Å². The van der Waals surface area contributed by atoms with E-state index < -0.39 is 35.0 Å². The van der Waals surface area contributed by atoms with Crippen molar-refractivity contribution in [1.29, 1.82) is 0 Å². The number of carbonyl (C=O) groups excluding carboxylic acids is 1. The van der Waals surface area contributed by atoms with Gasteiger partial charge in [-0.2, -0.15) is 26.3 Å². The van der Waals surface area contributed by atoms with E-state index in [1.165, 1.54) is 23.5 Å². The Morgan fingerprint density at radius 3 is 2.39 bits per heavy atom. The van der Waals surface area contributed by atoms with Gasteiger partial charge in [-0.15, -0.1) is 11.3 Å². The van der Waals surface area contributed by atoms with Gasteiger partial charge in [0.2, 0.25) is 0 Å². The molecule has 2 aromatic carbocycles. The van der Waals surface area contributed by atoms with Crippen LogP contribution in [0.2, 0.25) is 0 Å². The molecule has 0 bridgehead atoms. The molecule has 4 nitrogen and oxygen atoms in total. The second kappa shape index (κ2) is 8.14. The number of benzene rings is 2. The number of halogens is 6. The SMILES string of the molecule is Cc1cc(NC(=O)c2cc(C(F)(F)F)ccc2C(F)(F)F)cc(-c2nc3ccncc3s2)c1. The minimum Gasteiger partial charge on any atom is -0.322 e. The number of aryl methyl sites for hydroxylation is 1. The van der Waals surface area contributed by atoms with Crippen molar-refractivity contribution in [3.05, 3.63) is 77.1 Å². The Morgan fingerprint density at radius 2 is 1.73 bits per heavy atom. The predicted molar refractivity (Wildman–Crippen MR) is 112 cm³/mol. The van der Waals surface area contributed by atoms with Gasteiger partial charge in [0.15, 0.2) is 0 Å². The zero-order chi connectivity index (χ0) is 24.0. The maximum absolute atomic E-state index is 13.4. The molecule has 4 aromatic rings. The summed E-state index contributed by atoms with van der Waals surface area (Å²) in [7, 11) is 0. The molecule has 0 aliphatic heterocycles. The maximum atomic E-state index is 13.4. The van der Waals surface area contributed by atoms with E-state index in [2.05, 4.69) is 15.3 Å². The van der Waals surface area contributed by atoms with Crippen LogP contribution in [0, 0.1) is 6.92 Å². The van der Waals surface area contributed by atoms with Crippen molar-refractivity contribution < 1.29 is 31.1 Å². The van der Waals surface area contributed by atoms with Gasteiger partial charge >= 0.3 is 12.4 Å². The molecule has 0 aliphatic rings. The topological polar surface area (TPSA) is 54.9 Å². The third-order valence-electron chi connectivity index (χ3n) is 4.67. The van der Waals surface area contributed by atoms with Gasteiger partial charge < -0.3 is 5.32 Å². The van der Waals surface area contributed by atoms with Gasteiger partial charge in [0.05, 0.1) is 26.9 Å². The van der Waals surface area contributed by atoms with Crippen LogP contribution in [0.1, 0.15) is 27.0 Å². The molecule has 1 N–H and O–H groups in total. The van der Waals surface area contributed by atoms with E-state index in [1.807, 2.05) is 0 Å². The van der Waals surface area contributed by atoms with Crippen LogP contribution in [0.15, 0.2) is 54.9 Å². The summed E-state index contributed by atoms with van der Waals surface area (Å²) >= 11 is 1.33. The monoisotopic (exact) mass is 481 g/mol. The molecule has 33 heavy (non-hydrogen) atoms. The lowest BCUT2D eigenvalue weighted by Gasteiger charge is -2.16. The summed E-state index contributed by atoms with van der Waals surface area (Å²) in [5.74, 6) is -1.31. The second-order valence-corrected chi connectivity index (χ2v) is 8.19. The number of hydrogen-bond acceptors (Lipinski definition) is 4. The number of nitrogens with one attached hydrogen (secondary N) is 1. The summed E-state index contributed by atoms with van der Waals surface area (Å²) in [6.45, 7) is 1.71. The number of rotatable bonds is 3. The molecule has 0 aliphatic carbocycles. The molecule has 2 heterocycles. The number of aromatic nitrogens is 2. The van der Waals surface area contributed by atoms with Gasteiger partial charge in [0, 0.05) is 23.6 Å². The Hall–Kier alpha value is -3.47. The van der Waals surface area contributed by atoms with Crippen LogP contribution in [0.5, 0.6) is 0 Å². The normalized spacial score (nSPS) is 12.2. The minimum atomic E-state index is -5.01. The van der Waals surface area contributed by atoms with Gasteiger partial charge in [-0.1, -0.05) is 0 Å². The zero-order valence-electron chi connectivity index (χ0n) is 16.7. The van der Waals surface area contributed by atoms with Gasteiger partial charge in [-0.05, 0) is 55.0 Å².